The fourth-order valence-electron chi connectivity index (χ4n) is 6.32. The van der Waals surface area contributed by atoms with E-state index in [1.165, 1.54) is 7.11 Å². The minimum Gasteiger partial charge on any atom is -0.495 e. The molecule has 2 unspecified atom stereocenters. The fourth-order valence-corrected chi connectivity index (χ4v) is 6.32. The quantitative estimate of drug-likeness (QED) is 0.329. The maximum atomic E-state index is 13.2. The van der Waals surface area contributed by atoms with E-state index in [0.29, 0.717) is 35.1 Å². The number of nitrogens with one attached hydrogen (secondary N) is 2. The van der Waals surface area contributed by atoms with Crippen molar-refractivity contribution in [3.8, 4) is 5.75 Å². The normalized spacial score (nSPS) is 19.7. The van der Waals surface area contributed by atoms with Crippen LogP contribution in [0.4, 0.5) is 23.1 Å². The van der Waals surface area contributed by atoms with Gasteiger partial charge in [0.05, 0.1) is 19.0 Å². The highest BCUT2D eigenvalue weighted by Crippen LogP contribution is 2.40. The molecule has 0 spiro atoms. The molecule has 0 saturated heterocycles. The summed E-state index contributed by atoms with van der Waals surface area (Å²) in [5.74, 6) is 0.895. The number of amides is 2. The van der Waals surface area contributed by atoms with Gasteiger partial charge >= 0.3 is 5.97 Å². The molecular weight excluding hydrogens is 550 g/mol. The van der Waals surface area contributed by atoms with Gasteiger partial charge in [-0.1, -0.05) is 19.8 Å². The fraction of sp³-hybridized carbons (Fsp3) is 0.581. The lowest BCUT2D eigenvalue weighted by atomic mass is 10.0. The summed E-state index contributed by atoms with van der Waals surface area (Å²) in [6, 6.07) is 4.27. The van der Waals surface area contributed by atoms with Crippen molar-refractivity contribution in [1.82, 2.24) is 15.3 Å². The zero-order valence-corrected chi connectivity index (χ0v) is 25.3. The van der Waals surface area contributed by atoms with E-state index in [4.69, 9.17) is 20.2 Å². The molecule has 0 radical (unpaired) electrons. The third-order valence-corrected chi connectivity index (χ3v) is 8.75. The second-order valence-corrected chi connectivity index (χ2v) is 11.6. The molecule has 2 atom stereocenters. The van der Waals surface area contributed by atoms with Crippen LogP contribution in [-0.4, -0.2) is 72.7 Å². The minimum atomic E-state index is -0.784. The van der Waals surface area contributed by atoms with Crippen molar-refractivity contribution < 1.29 is 23.9 Å². The lowest BCUT2D eigenvalue weighted by molar-refractivity contribution is -0.150. The largest absolute Gasteiger partial charge is 0.495 e. The lowest BCUT2D eigenvalue weighted by Gasteiger charge is -2.43. The first kappa shape index (κ1) is 30.5. The zero-order valence-electron chi connectivity index (χ0n) is 25.3. The van der Waals surface area contributed by atoms with Crippen LogP contribution in [0.1, 0.15) is 81.5 Å². The number of carbonyl (C=O) groups is 3. The number of nitrogens with two attached hydrogens (primary N) is 1. The number of likely N-dealkylation sites (N-methyl/N-ethyl adjacent to an activating group) is 1. The van der Waals surface area contributed by atoms with Gasteiger partial charge in [-0.05, 0) is 69.6 Å². The Kier molecular flexibility index (Phi) is 9.64. The first-order valence-corrected chi connectivity index (χ1v) is 15.4. The number of rotatable bonds is 11. The van der Waals surface area contributed by atoms with E-state index in [2.05, 4.69) is 20.5 Å². The van der Waals surface area contributed by atoms with Crippen LogP contribution in [0.15, 0.2) is 24.4 Å². The van der Waals surface area contributed by atoms with E-state index < -0.39 is 12.0 Å². The van der Waals surface area contributed by atoms with E-state index in [9.17, 15) is 14.4 Å². The van der Waals surface area contributed by atoms with Crippen molar-refractivity contribution in [2.75, 3.05) is 35.8 Å². The Labute approximate surface area is 252 Å². The summed E-state index contributed by atoms with van der Waals surface area (Å²) in [6.45, 7) is 2.27. The Morgan fingerprint density at radius 2 is 1.86 bits per heavy atom. The van der Waals surface area contributed by atoms with E-state index >= 15 is 0 Å². The topological polar surface area (TPSA) is 152 Å². The predicted octanol–water partition coefficient (Wildman–Crippen LogP) is 3.67. The molecule has 2 saturated carbocycles. The number of methoxy groups -OCH3 is 1. The third kappa shape index (κ3) is 6.69. The molecule has 2 fully saturated rings. The number of fused-ring (bicyclic) bond motifs is 1. The second kappa shape index (κ2) is 13.6. The Morgan fingerprint density at radius 1 is 1.14 bits per heavy atom. The molecular formula is C31H43N7O5. The van der Waals surface area contributed by atoms with Crippen LogP contribution < -0.4 is 30.9 Å². The van der Waals surface area contributed by atoms with Crippen LogP contribution in [0.5, 0.6) is 5.75 Å². The second-order valence-electron chi connectivity index (χ2n) is 11.6. The molecule has 5 rings (SSSR count). The molecule has 4 N–H and O–H groups in total. The number of nitrogens with zero attached hydrogens (tertiary/aromatic N) is 4. The van der Waals surface area contributed by atoms with Gasteiger partial charge in [-0.15, -0.1) is 0 Å². The Morgan fingerprint density at radius 3 is 2.56 bits per heavy atom. The number of aromatic nitrogens is 2. The highest BCUT2D eigenvalue weighted by Gasteiger charge is 2.41. The average molecular weight is 594 g/mol. The summed E-state index contributed by atoms with van der Waals surface area (Å²) in [5.41, 5.74) is 7.67. The number of hydrogen-bond acceptors (Lipinski definition) is 10. The van der Waals surface area contributed by atoms with Crippen LogP contribution in [0.2, 0.25) is 0 Å². The van der Waals surface area contributed by atoms with Gasteiger partial charge < -0.3 is 35.6 Å². The van der Waals surface area contributed by atoms with Crippen molar-refractivity contribution in [3.63, 3.8) is 0 Å². The van der Waals surface area contributed by atoms with Crippen LogP contribution in [0.3, 0.4) is 0 Å². The monoisotopic (exact) mass is 593 g/mol. The first-order valence-electron chi connectivity index (χ1n) is 15.4. The number of ether oxygens (including phenoxy) is 2. The predicted molar refractivity (Wildman–Crippen MR) is 164 cm³/mol. The van der Waals surface area contributed by atoms with Gasteiger partial charge in [0, 0.05) is 25.2 Å². The molecule has 232 valence electrons. The van der Waals surface area contributed by atoms with Gasteiger partial charge in [0.25, 0.3) is 5.91 Å². The molecule has 43 heavy (non-hydrogen) atoms. The van der Waals surface area contributed by atoms with Crippen molar-refractivity contribution >= 4 is 40.9 Å². The van der Waals surface area contributed by atoms with E-state index in [-0.39, 0.29) is 43.0 Å². The van der Waals surface area contributed by atoms with Crippen LogP contribution in [0, 0.1) is 0 Å². The minimum absolute atomic E-state index is 0.0375. The maximum Gasteiger partial charge on any atom is 0.323 e. The average Bonchev–Trinajstić information content (AvgIpc) is 3.74. The van der Waals surface area contributed by atoms with Gasteiger partial charge in [0.1, 0.15) is 29.6 Å². The van der Waals surface area contributed by atoms with Crippen molar-refractivity contribution in [2.24, 2.45) is 5.73 Å². The van der Waals surface area contributed by atoms with Crippen LogP contribution in [-0.2, 0) is 14.3 Å². The van der Waals surface area contributed by atoms with Crippen molar-refractivity contribution in [2.45, 2.75) is 95.4 Å². The number of hydrogen-bond donors (Lipinski definition) is 3. The summed E-state index contributed by atoms with van der Waals surface area (Å²) >= 11 is 0. The Bertz CT molecular complexity index is 1330. The summed E-state index contributed by atoms with van der Waals surface area (Å²) in [4.78, 5) is 51.5. The molecule has 3 aliphatic rings. The Hall–Kier alpha value is -3.93. The standard InChI is InChI=1S/C31H43N7O5/c1-4-24-29(40)37(2)25-18-34-31(36-27(25)38(24)20-9-5-6-10-20)35-23-14-13-19(17-26(23)42-3)28(39)33-16-15-22(32)30(41)43-21-11-7-8-12-21/h13-14,17-18,20-22,24H,4-12,15-16,32H2,1-3H3,(H,33,39)(H,34,35,36). The smallest absolute Gasteiger partial charge is 0.323 e. The summed E-state index contributed by atoms with van der Waals surface area (Å²) in [7, 11) is 3.30. The molecule has 2 aliphatic carbocycles. The molecule has 2 heterocycles. The number of esters is 1. The number of carbonyl (C=O) groups excluding carboxylic acids is 3. The zero-order chi connectivity index (χ0) is 30.5. The number of benzene rings is 1. The molecule has 12 heteroatoms. The van der Waals surface area contributed by atoms with E-state index in [0.717, 1.165) is 57.2 Å². The van der Waals surface area contributed by atoms with Crippen LogP contribution >= 0.6 is 0 Å². The van der Waals surface area contributed by atoms with Gasteiger partial charge in [0.15, 0.2) is 5.82 Å². The molecule has 2 aromatic rings. The summed E-state index contributed by atoms with van der Waals surface area (Å²) in [5, 5.41) is 6.05. The van der Waals surface area contributed by atoms with E-state index in [1.807, 2.05) is 6.92 Å². The van der Waals surface area contributed by atoms with Crippen molar-refractivity contribution in [1.29, 1.82) is 0 Å². The lowest BCUT2D eigenvalue weighted by Crippen LogP contribution is -2.55. The molecule has 1 aromatic heterocycles. The molecule has 12 nitrogen and oxygen atoms in total. The van der Waals surface area contributed by atoms with Gasteiger partial charge in [-0.2, -0.15) is 4.98 Å². The SMILES string of the molecule is CCC1C(=O)N(C)c2cnc(Nc3ccc(C(=O)NCCC(N)C(=O)OC4CCCC4)cc3OC)nc2N1C1CCCC1. The highest BCUT2D eigenvalue weighted by atomic mass is 16.5. The summed E-state index contributed by atoms with van der Waals surface area (Å²) in [6.07, 6.45) is 10.9. The van der Waals surface area contributed by atoms with Crippen LogP contribution in [0.25, 0.3) is 0 Å². The summed E-state index contributed by atoms with van der Waals surface area (Å²) < 4.78 is 11.0. The molecule has 1 aliphatic heterocycles. The Balaban J connectivity index is 1.25. The molecule has 2 amide bonds. The molecule has 1 aromatic carbocycles. The maximum absolute atomic E-state index is 13.2. The van der Waals surface area contributed by atoms with E-state index in [1.54, 1.807) is 36.3 Å². The molecule has 0 bridgehead atoms. The van der Waals surface area contributed by atoms with Gasteiger partial charge in [-0.25, -0.2) is 4.98 Å². The third-order valence-electron chi connectivity index (χ3n) is 8.75. The van der Waals surface area contributed by atoms with Gasteiger partial charge in [0.2, 0.25) is 11.9 Å². The van der Waals surface area contributed by atoms with Gasteiger partial charge in [-0.3, -0.25) is 14.4 Å². The first-order chi connectivity index (χ1) is 20.8. The number of anilines is 4. The highest BCUT2D eigenvalue weighted by molar-refractivity contribution is 6.04. The van der Waals surface area contributed by atoms with Crippen molar-refractivity contribution in [3.05, 3.63) is 30.0 Å².